The number of thiophene rings is 1. The number of aryl methyl sites for hydroxylation is 1. The van der Waals surface area contributed by atoms with Crippen molar-refractivity contribution in [2.24, 2.45) is 0 Å². The first-order valence-corrected chi connectivity index (χ1v) is 9.64. The summed E-state index contributed by atoms with van der Waals surface area (Å²) in [6, 6.07) is 8.49. The van der Waals surface area contributed by atoms with E-state index in [0.29, 0.717) is 22.7 Å². The van der Waals surface area contributed by atoms with Crippen LogP contribution in [0.1, 0.15) is 45.0 Å². The minimum Gasteiger partial charge on any atom is -0.462 e. The molecule has 1 heterocycles. The maximum atomic E-state index is 12.2. The SMILES string of the molecule is CCOC(=O)c1cc(CC)sc1NC(=O)COC(=O)c1cccc(COC)c1. The molecule has 0 unspecified atom stereocenters. The van der Waals surface area contributed by atoms with Gasteiger partial charge in [0.1, 0.15) is 5.00 Å². The average molecular weight is 405 g/mol. The zero-order valence-electron chi connectivity index (χ0n) is 16.1. The van der Waals surface area contributed by atoms with Gasteiger partial charge in [-0.1, -0.05) is 19.1 Å². The molecule has 150 valence electrons. The Morgan fingerprint density at radius 2 is 1.86 bits per heavy atom. The number of esters is 2. The molecule has 2 aromatic rings. The van der Waals surface area contributed by atoms with Crippen molar-refractivity contribution in [1.82, 2.24) is 0 Å². The zero-order valence-corrected chi connectivity index (χ0v) is 16.9. The molecule has 0 aliphatic carbocycles. The van der Waals surface area contributed by atoms with Crippen LogP contribution < -0.4 is 5.32 Å². The number of ether oxygens (including phenoxy) is 3. The van der Waals surface area contributed by atoms with Crippen molar-refractivity contribution in [2.45, 2.75) is 26.9 Å². The molecule has 0 bridgehead atoms. The van der Waals surface area contributed by atoms with E-state index < -0.39 is 24.5 Å². The van der Waals surface area contributed by atoms with Gasteiger partial charge in [-0.3, -0.25) is 4.79 Å². The molecule has 0 aliphatic heterocycles. The van der Waals surface area contributed by atoms with E-state index in [0.717, 1.165) is 16.9 Å². The van der Waals surface area contributed by atoms with E-state index in [-0.39, 0.29) is 6.61 Å². The third kappa shape index (κ3) is 5.90. The summed E-state index contributed by atoms with van der Waals surface area (Å²) in [5.74, 6) is -1.64. The van der Waals surface area contributed by atoms with Crippen LogP contribution in [0.2, 0.25) is 0 Å². The van der Waals surface area contributed by atoms with Gasteiger partial charge in [-0.05, 0) is 37.1 Å². The lowest BCUT2D eigenvalue weighted by molar-refractivity contribution is -0.119. The first-order chi connectivity index (χ1) is 13.5. The third-order valence-electron chi connectivity index (χ3n) is 3.69. The lowest BCUT2D eigenvalue weighted by atomic mass is 10.1. The standard InChI is InChI=1S/C20H23NO6S/c1-4-15-10-16(20(24)26-5-2)18(28-15)21-17(22)12-27-19(23)14-8-6-7-13(9-14)11-25-3/h6-10H,4-5,11-12H2,1-3H3,(H,21,22). The van der Waals surface area contributed by atoms with Gasteiger partial charge in [-0.15, -0.1) is 11.3 Å². The quantitative estimate of drug-likeness (QED) is 0.643. The number of carbonyl (C=O) groups is 3. The van der Waals surface area contributed by atoms with Crippen LogP contribution in [-0.2, 0) is 32.0 Å². The average Bonchev–Trinajstić information content (AvgIpc) is 3.09. The van der Waals surface area contributed by atoms with E-state index in [9.17, 15) is 14.4 Å². The van der Waals surface area contributed by atoms with Gasteiger partial charge in [0.15, 0.2) is 6.61 Å². The molecule has 1 N–H and O–H groups in total. The Kier molecular flexibility index (Phi) is 8.16. The van der Waals surface area contributed by atoms with Crippen molar-refractivity contribution in [1.29, 1.82) is 0 Å². The van der Waals surface area contributed by atoms with Crippen molar-refractivity contribution in [3.8, 4) is 0 Å². The minimum absolute atomic E-state index is 0.239. The molecule has 0 aliphatic rings. The molecule has 1 amide bonds. The summed E-state index contributed by atoms with van der Waals surface area (Å²) >= 11 is 1.29. The Morgan fingerprint density at radius 1 is 1.07 bits per heavy atom. The number of hydrogen-bond donors (Lipinski definition) is 1. The molecule has 0 spiro atoms. The molecular weight excluding hydrogens is 382 g/mol. The highest BCUT2D eigenvalue weighted by atomic mass is 32.1. The van der Waals surface area contributed by atoms with E-state index in [1.807, 2.05) is 13.0 Å². The highest BCUT2D eigenvalue weighted by Crippen LogP contribution is 2.29. The van der Waals surface area contributed by atoms with Gasteiger partial charge in [-0.25, -0.2) is 9.59 Å². The van der Waals surface area contributed by atoms with Crippen LogP contribution in [0.3, 0.4) is 0 Å². The van der Waals surface area contributed by atoms with E-state index in [4.69, 9.17) is 14.2 Å². The third-order valence-corrected chi connectivity index (χ3v) is 4.88. The molecule has 0 saturated carbocycles. The zero-order chi connectivity index (χ0) is 20.5. The summed E-state index contributed by atoms with van der Waals surface area (Å²) in [6.07, 6.45) is 0.722. The van der Waals surface area contributed by atoms with Crippen molar-refractivity contribution < 1.29 is 28.6 Å². The second-order valence-corrected chi connectivity index (χ2v) is 6.92. The van der Waals surface area contributed by atoms with Crippen LogP contribution in [0.25, 0.3) is 0 Å². The summed E-state index contributed by atoms with van der Waals surface area (Å²) in [5.41, 5.74) is 1.46. The van der Waals surface area contributed by atoms with Gasteiger partial charge in [0.05, 0.1) is 24.3 Å². The Morgan fingerprint density at radius 3 is 2.54 bits per heavy atom. The number of anilines is 1. The van der Waals surface area contributed by atoms with Gasteiger partial charge in [0.25, 0.3) is 5.91 Å². The topological polar surface area (TPSA) is 90.9 Å². The minimum atomic E-state index is -0.612. The fraction of sp³-hybridized carbons (Fsp3) is 0.350. The fourth-order valence-electron chi connectivity index (χ4n) is 2.40. The van der Waals surface area contributed by atoms with E-state index in [1.165, 1.54) is 11.3 Å². The monoisotopic (exact) mass is 405 g/mol. The smallest absolute Gasteiger partial charge is 0.341 e. The predicted molar refractivity (Wildman–Crippen MR) is 106 cm³/mol. The lowest BCUT2D eigenvalue weighted by Gasteiger charge is -2.08. The molecule has 8 heteroatoms. The van der Waals surface area contributed by atoms with Crippen LogP contribution in [0, 0.1) is 0 Å². The van der Waals surface area contributed by atoms with Crippen molar-refractivity contribution in [3.63, 3.8) is 0 Å². The number of hydrogen-bond acceptors (Lipinski definition) is 7. The summed E-state index contributed by atoms with van der Waals surface area (Å²) in [4.78, 5) is 37.3. The van der Waals surface area contributed by atoms with Crippen molar-refractivity contribution >= 4 is 34.2 Å². The number of benzene rings is 1. The summed E-state index contributed by atoms with van der Waals surface area (Å²) < 4.78 is 15.1. The van der Waals surface area contributed by atoms with E-state index in [2.05, 4.69) is 5.32 Å². The van der Waals surface area contributed by atoms with Crippen LogP contribution in [-0.4, -0.2) is 38.2 Å². The molecule has 0 saturated heterocycles. The fourth-order valence-corrected chi connectivity index (χ4v) is 3.40. The maximum Gasteiger partial charge on any atom is 0.341 e. The summed E-state index contributed by atoms with van der Waals surface area (Å²) in [5, 5.41) is 3.01. The number of rotatable bonds is 9. The second-order valence-electron chi connectivity index (χ2n) is 5.79. The predicted octanol–water partition coefficient (Wildman–Crippen LogP) is 3.43. The molecule has 0 fully saturated rings. The molecule has 0 radical (unpaired) electrons. The summed E-state index contributed by atoms with van der Waals surface area (Å²) in [7, 11) is 1.56. The van der Waals surface area contributed by atoms with Gasteiger partial charge in [0.2, 0.25) is 0 Å². The Labute approximate surface area is 167 Å². The Balaban J connectivity index is 1.99. The summed E-state index contributed by atoms with van der Waals surface area (Å²) in [6.45, 7) is 3.81. The van der Waals surface area contributed by atoms with Crippen LogP contribution in [0.5, 0.6) is 0 Å². The van der Waals surface area contributed by atoms with Gasteiger partial charge in [-0.2, -0.15) is 0 Å². The molecular formula is C20H23NO6S. The Bertz CT molecular complexity index is 845. The maximum absolute atomic E-state index is 12.2. The lowest BCUT2D eigenvalue weighted by Crippen LogP contribution is -2.21. The highest BCUT2D eigenvalue weighted by Gasteiger charge is 2.19. The number of nitrogens with one attached hydrogen (secondary N) is 1. The normalized spacial score (nSPS) is 10.4. The largest absolute Gasteiger partial charge is 0.462 e. The number of methoxy groups -OCH3 is 1. The van der Waals surface area contributed by atoms with E-state index >= 15 is 0 Å². The Hall–Kier alpha value is -2.71. The van der Waals surface area contributed by atoms with Crippen LogP contribution in [0.4, 0.5) is 5.00 Å². The van der Waals surface area contributed by atoms with Crippen LogP contribution >= 0.6 is 11.3 Å². The highest BCUT2D eigenvalue weighted by molar-refractivity contribution is 7.16. The molecule has 28 heavy (non-hydrogen) atoms. The van der Waals surface area contributed by atoms with Crippen LogP contribution in [0.15, 0.2) is 30.3 Å². The first kappa shape index (κ1) is 21.6. The number of amides is 1. The molecule has 7 nitrogen and oxygen atoms in total. The number of carbonyl (C=O) groups excluding carboxylic acids is 3. The van der Waals surface area contributed by atoms with Gasteiger partial charge < -0.3 is 19.5 Å². The van der Waals surface area contributed by atoms with Gasteiger partial charge in [0, 0.05) is 12.0 Å². The first-order valence-electron chi connectivity index (χ1n) is 8.83. The second kappa shape index (κ2) is 10.6. The molecule has 2 rings (SSSR count). The van der Waals surface area contributed by atoms with Crippen molar-refractivity contribution in [3.05, 3.63) is 51.9 Å². The van der Waals surface area contributed by atoms with Crippen molar-refractivity contribution in [2.75, 3.05) is 25.6 Å². The van der Waals surface area contributed by atoms with E-state index in [1.54, 1.807) is 38.3 Å². The molecule has 0 atom stereocenters. The van der Waals surface area contributed by atoms with Gasteiger partial charge >= 0.3 is 11.9 Å². The molecule has 1 aromatic heterocycles. The molecule has 1 aromatic carbocycles.